The lowest BCUT2D eigenvalue weighted by molar-refractivity contribution is 0.463. The van der Waals surface area contributed by atoms with E-state index in [-0.39, 0.29) is 10.8 Å². The van der Waals surface area contributed by atoms with Crippen LogP contribution in [-0.2, 0) is 17.3 Å². The molecule has 0 amide bonds. The second-order valence-electron chi connectivity index (χ2n) is 8.06. The van der Waals surface area contributed by atoms with E-state index in [2.05, 4.69) is 80.2 Å². The van der Waals surface area contributed by atoms with Crippen molar-refractivity contribution < 1.29 is 0 Å². The van der Waals surface area contributed by atoms with E-state index >= 15 is 0 Å². The van der Waals surface area contributed by atoms with Gasteiger partial charge in [-0.2, -0.15) is 12.6 Å². The standard InChI is InChI=1S/C20H30N4S/c1-14-18(15(2)22-12-21-14)20(5,6)8-7-16-11-17(24-13-23-16)19(3,4)9-10-25/h11-13,25H,7-10H2,1-6H3. The summed E-state index contributed by atoms with van der Waals surface area (Å²) in [6.07, 6.45) is 6.24. The molecule has 0 saturated heterocycles. The molecule has 0 radical (unpaired) electrons. The van der Waals surface area contributed by atoms with Crippen LogP contribution in [0.1, 0.15) is 68.9 Å². The molecule has 4 nitrogen and oxygen atoms in total. The third-order valence-electron chi connectivity index (χ3n) is 5.06. The molecule has 25 heavy (non-hydrogen) atoms. The Balaban J connectivity index is 2.18. The Morgan fingerprint density at radius 2 is 1.44 bits per heavy atom. The van der Waals surface area contributed by atoms with Gasteiger partial charge in [0, 0.05) is 33.8 Å². The molecular formula is C20H30N4S. The maximum absolute atomic E-state index is 4.50. The van der Waals surface area contributed by atoms with Gasteiger partial charge in [-0.15, -0.1) is 0 Å². The lowest BCUT2D eigenvalue weighted by Gasteiger charge is -2.28. The van der Waals surface area contributed by atoms with Crippen molar-refractivity contribution >= 4 is 12.6 Å². The molecule has 0 unspecified atom stereocenters. The predicted molar refractivity (Wildman–Crippen MR) is 106 cm³/mol. The Hall–Kier alpha value is -1.49. The zero-order valence-electron chi connectivity index (χ0n) is 16.3. The van der Waals surface area contributed by atoms with Crippen LogP contribution < -0.4 is 0 Å². The van der Waals surface area contributed by atoms with Crippen LogP contribution in [0, 0.1) is 13.8 Å². The van der Waals surface area contributed by atoms with Gasteiger partial charge in [-0.3, -0.25) is 0 Å². The smallest absolute Gasteiger partial charge is 0.115 e. The normalized spacial score (nSPS) is 12.4. The molecule has 0 fully saturated rings. The molecule has 0 aromatic carbocycles. The van der Waals surface area contributed by atoms with E-state index in [1.54, 1.807) is 12.7 Å². The van der Waals surface area contributed by atoms with Gasteiger partial charge in [-0.25, -0.2) is 19.9 Å². The van der Waals surface area contributed by atoms with Crippen molar-refractivity contribution in [3.8, 4) is 0 Å². The molecule has 2 aromatic rings. The summed E-state index contributed by atoms with van der Waals surface area (Å²) in [7, 11) is 0. The third kappa shape index (κ3) is 4.78. The molecule has 2 aromatic heterocycles. The van der Waals surface area contributed by atoms with Crippen molar-refractivity contribution in [1.82, 2.24) is 19.9 Å². The molecule has 0 N–H and O–H groups in total. The van der Waals surface area contributed by atoms with Crippen LogP contribution in [0.25, 0.3) is 0 Å². The lowest BCUT2D eigenvalue weighted by atomic mass is 9.78. The van der Waals surface area contributed by atoms with E-state index < -0.39 is 0 Å². The number of hydrogen-bond acceptors (Lipinski definition) is 5. The van der Waals surface area contributed by atoms with Gasteiger partial charge in [-0.1, -0.05) is 27.7 Å². The van der Waals surface area contributed by atoms with E-state index in [1.807, 2.05) is 0 Å². The average Bonchev–Trinajstić information content (AvgIpc) is 2.53. The first-order valence-electron chi connectivity index (χ1n) is 8.88. The minimum absolute atomic E-state index is 0.00115. The first kappa shape index (κ1) is 19.8. The summed E-state index contributed by atoms with van der Waals surface area (Å²) < 4.78 is 0. The largest absolute Gasteiger partial charge is 0.241 e. The zero-order valence-corrected chi connectivity index (χ0v) is 17.2. The summed E-state index contributed by atoms with van der Waals surface area (Å²) in [6.45, 7) is 13.1. The van der Waals surface area contributed by atoms with E-state index in [0.717, 1.165) is 47.8 Å². The molecule has 5 heteroatoms. The maximum atomic E-state index is 4.50. The molecule has 0 atom stereocenters. The molecule has 2 heterocycles. The Kier molecular flexibility index (Phi) is 6.20. The highest BCUT2D eigenvalue weighted by Gasteiger charge is 2.26. The fourth-order valence-corrected chi connectivity index (χ4v) is 4.01. The maximum Gasteiger partial charge on any atom is 0.115 e. The number of thiol groups is 1. The van der Waals surface area contributed by atoms with Gasteiger partial charge >= 0.3 is 0 Å². The second kappa shape index (κ2) is 7.81. The summed E-state index contributed by atoms with van der Waals surface area (Å²) in [5, 5.41) is 0. The van der Waals surface area contributed by atoms with Crippen molar-refractivity contribution in [2.45, 2.75) is 71.6 Å². The van der Waals surface area contributed by atoms with Crippen molar-refractivity contribution in [3.05, 3.63) is 47.1 Å². The molecule has 0 saturated carbocycles. The number of aromatic nitrogens is 4. The van der Waals surface area contributed by atoms with Crippen LogP contribution in [0.15, 0.2) is 18.7 Å². The van der Waals surface area contributed by atoms with Crippen LogP contribution in [0.5, 0.6) is 0 Å². The van der Waals surface area contributed by atoms with Gasteiger partial charge in [0.05, 0.1) is 0 Å². The summed E-state index contributed by atoms with van der Waals surface area (Å²) in [5.41, 5.74) is 5.60. The van der Waals surface area contributed by atoms with Crippen LogP contribution >= 0.6 is 12.6 Å². The van der Waals surface area contributed by atoms with Gasteiger partial charge in [0.2, 0.25) is 0 Å². The highest BCUT2D eigenvalue weighted by Crippen LogP contribution is 2.32. The summed E-state index contributed by atoms with van der Waals surface area (Å²) in [4.78, 5) is 17.8. The molecule has 0 aliphatic heterocycles. The predicted octanol–water partition coefficient (Wildman–Crippen LogP) is 4.39. The van der Waals surface area contributed by atoms with E-state index in [1.165, 1.54) is 5.56 Å². The number of rotatable bonds is 7. The van der Waals surface area contributed by atoms with Crippen molar-refractivity contribution in [3.63, 3.8) is 0 Å². The fourth-order valence-electron chi connectivity index (χ4n) is 3.45. The molecule has 0 aliphatic carbocycles. The quantitative estimate of drug-likeness (QED) is 0.746. The van der Waals surface area contributed by atoms with Crippen molar-refractivity contribution in [2.75, 3.05) is 5.75 Å². The van der Waals surface area contributed by atoms with Crippen LogP contribution in [0.3, 0.4) is 0 Å². The monoisotopic (exact) mass is 358 g/mol. The van der Waals surface area contributed by atoms with Gasteiger partial charge < -0.3 is 0 Å². The van der Waals surface area contributed by atoms with Gasteiger partial charge in [-0.05, 0) is 50.3 Å². The highest BCUT2D eigenvalue weighted by atomic mass is 32.1. The Morgan fingerprint density at radius 1 is 0.840 bits per heavy atom. The first-order chi connectivity index (χ1) is 11.7. The fraction of sp³-hybridized carbons (Fsp3) is 0.600. The molecule has 2 rings (SSSR count). The second-order valence-corrected chi connectivity index (χ2v) is 8.50. The minimum Gasteiger partial charge on any atom is -0.241 e. The first-order valence-corrected chi connectivity index (χ1v) is 9.51. The molecular weight excluding hydrogens is 328 g/mol. The van der Waals surface area contributed by atoms with Crippen LogP contribution in [0.2, 0.25) is 0 Å². The highest BCUT2D eigenvalue weighted by molar-refractivity contribution is 7.80. The SMILES string of the molecule is Cc1ncnc(C)c1C(C)(C)CCc1cc(C(C)(C)CCS)ncn1. The Bertz CT molecular complexity index is 705. The van der Waals surface area contributed by atoms with Gasteiger partial charge in [0.1, 0.15) is 12.7 Å². The van der Waals surface area contributed by atoms with E-state index in [0.29, 0.717) is 0 Å². The molecule has 0 bridgehead atoms. The number of hydrogen-bond donors (Lipinski definition) is 1. The lowest BCUT2D eigenvalue weighted by Crippen LogP contribution is -2.23. The van der Waals surface area contributed by atoms with E-state index in [9.17, 15) is 0 Å². The summed E-state index contributed by atoms with van der Waals surface area (Å²) in [5.74, 6) is 0.853. The number of aryl methyl sites for hydroxylation is 3. The van der Waals surface area contributed by atoms with Gasteiger partial charge in [0.25, 0.3) is 0 Å². The Labute approximate surface area is 157 Å². The zero-order chi connectivity index (χ0) is 18.7. The average molecular weight is 359 g/mol. The summed E-state index contributed by atoms with van der Waals surface area (Å²) in [6, 6.07) is 2.15. The van der Waals surface area contributed by atoms with Crippen LogP contribution in [-0.4, -0.2) is 25.7 Å². The molecule has 136 valence electrons. The minimum atomic E-state index is 0.00115. The summed E-state index contributed by atoms with van der Waals surface area (Å²) >= 11 is 4.37. The molecule has 0 spiro atoms. The van der Waals surface area contributed by atoms with Crippen molar-refractivity contribution in [1.29, 1.82) is 0 Å². The topological polar surface area (TPSA) is 51.6 Å². The third-order valence-corrected chi connectivity index (χ3v) is 5.29. The number of nitrogens with zero attached hydrogens (tertiary/aromatic N) is 4. The van der Waals surface area contributed by atoms with Gasteiger partial charge in [0.15, 0.2) is 0 Å². The molecule has 0 aliphatic rings. The van der Waals surface area contributed by atoms with Crippen molar-refractivity contribution in [2.24, 2.45) is 0 Å². The Morgan fingerprint density at radius 3 is 2.04 bits per heavy atom. The van der Waals surface area contributed by atoms with E-state index in [4.69, 9.17) is 0 Å². The van der Waals surface area contributed by atoms with Crippen LogP contribution in [0.4, 0.5) is 0 Å².